The second-order valence-corrected chi connectivity index (χ2v) is 8.48. The maximum Gasteiger partial charge on any atom is 0.410 e. The lowest BCUT2D eigenvalue weighted by Gasteiger charge is -2.42. The fraction of sp³-hybridized carbons (Fsp3) is 0.682. The Morgan fingerprint density at radius 1 is 1.21 bits per heavy atom. The first kappa shape index (κ1) is 22.0. The number of carbonyl (C=O) groups excluding carboxylic acids is 1. The van der Waals surface area contributed by atoms with E-state index in [1.807, 2.05) is 30.3 Å². The summed E-state index contributed by atoms with van der Waals surface area (Å²) in [5.41, 5.74) is 1.03. The van der Waals surface area contributed by atoms with Gasteiger partial charge in [0.1, 0.15) is 6.61 Å². The van der Waals surface area contributed by atoms with Gasteiger partial charge in [0.05, 0.1) is 32.5 Å². The molecule has 0 radical (unpaired) electrons. The van der Waals surface area contributed by atoms with Gasteiger partial charge in [0.2, 0.25) is 0 Å². The van der Waals surface area contributed by atoms with Crippen LogP contribution in [0.5, 0.6) is 0 Å². The van der Waals surface area contributed by atoms with Crippen LogP contribution in [0.25, 0.3) is 0 Å². The molecule has 7 nitrogen and oxygen atoms in total. The van der Waals surface area contributed by atoms with Crippen molar-refractivity contribution in [3.63, 3.8) is 0 Å². The minimum Gasteiger partial charge on any atom is -0.445 e. The SMILES string of the molecule is C[C@@H](NCC(C)(C)N1CCOCC1)[C@H]1CN(C(=O)OCc2ccccc2)CCO1. The van der Waals surface area contributed by atoms with Crippen LogP contribution in [-0.4, -0.2) is 86.1 Å². The molecule has 0 spiro atoms. The van der Waals surface area contributed by atoms with Crippen molar-refractivity contribution in [2.75, 3.05) is 52.5 Å². The molecule has 1 N–H and O–H groups in total. The number of amides is 1. The van der Waals surface area contributed by atoms with Gasteiger partial charge in [0.15, 0.2) is 0 Å². The van der Waals surface area contributed by atoms with Gasteiger partial charge < -0.3 is 24.4 Å². The van der Waals surface area contributed by atoms with E-state index in [-0.39, 0.29) is 23.8 Å². The monoisotopic (exact) mass is 405 g/mol. The van der Waals surface area contributed by atoms with E-state index in [1.54, 1.807) is 4.90 Å². The van der Waals surface area contributed by atoms with E-state index in [2.05, 4.69) is 31.0 Å². The molecule has 1 amide bonds. The third kappa shape index (κ3) is 6.40. The van der Waals surface area contributed by atoms with E-state index in [0.717, 1.165) is 38.4 Å². The average Bonchev–Trinajstić information content (AvgIpc) is 2.77. The maximum absolute atomic E-state index is 12.5. The number of hydrogen-bond acceptors (Lipinski definition) is 6. The first-order chi connectivity index (χ1) is 14.0. The van der Waals surface area contributed by atoms with Crippen LogP contribution in [0.1, 0.15) is 26.3 Å². The lowest BCUT2D eigenvalue weighted by atomic mass is 10.0. The molecule has 7 heteroatoms. The summed E-state index contributed by atoms with van der Waals surface area (Å²) >= 11 is 0. The highest BCUT2D eigenvalue weighted by Crippen LogP contribution is 2.17. The van der Waals surface area contributed by atoms with Crippen molar-refractivity contribution in [1.29, 1.82) is 0 Å². The smallest absolute Gasteiger partial charge is 0.410 e. The van der Waals surface area contributed by atoms with E-state index < -0.39 is 0 Å². The summed E-state index contributed by atoms with van der Waals surface area (Å²) < 4.78 is 16.9. The molecular weight excluding hydrogens is 370 g/mol. The Bertz CT molecular complexity index is 634. The molecule has 2 aliphatic rings. The van der Waals surface area contributed by atoms with Gasteiger partial charge in [0, 0.05) is 37.8 Å². The number of morpholine rings is 2. The molecule has 2 fully saturated rings. The molecule has 1 aromatic rings. The zero-order valence-electron chi connectivity index (χ0n) is 17.9. The van der Waals surface area contributed by atoms with Crippen LogP contribution in [0.2, 0.25) is 0 Å². The number of nitrogens with zero attached hydrogens (tertiary/aromatic N) is 2. The first-order valence-electron chi connectivity index (χ1n) is 10.6. The van der Waals surface area contributed by atoms with Gasteiger partial charge in [-0.1, -0.05) is 30.3 Å². The summed E-state index contributed by atoms with van der Waals surface area (Å²) in [6.45, 7) is 12.9. The van der Waals surface area contributed by atoms with E-state index >= 15 is 0 Å². The molecule has 0 unspecified atom stereocenters. The predicted molar refractivity (Wildman–Crippen MR) is 112 cm³/mol. The van der Waals surface area contributed by atoms with Gasteiger partial charge in [-0.3, -0.25) is 4.90 Å². The highest BCUT2D eigenvalue weighted by molar-refractivity contribution is 5.67. The molecule has 2 aliphatic heterocycles. The Morgan fingerprint density at radius 3 is 2.66 bits per heavy atom. The molecule has 0 aliphatic carbocycles. The largest absolute Gasteiger partial charge is 0.445 e. The Morgan fingerprint density at radius 2 is 1.93 bits per heavy atom. The van der Waals surface area contributed by atoms with E-state index in [9.17, 15) is 4.79 Å². The molecule has 2 heterocycles. The maximum atomic E-state index is 12.5. The number of nitrogens with one attached hydrogen (secondary N) is 1. The third-order valence-electron chi connectivity index (χ3n) is 5.84. The van der Waals surface area contributed by atoms with Crippen LogP contribution in [0.4, 0.5) is 4.79 Å². The van der Waals surface area contributed by atoms with E-state index in [4.69, 9.17) is 14.2 Å². The average molecular weight is 406 g/mol. The summed E-state index contributed by atoms with van der Waals surface area (Å²) in [5, 5.41) is 3.62. The van der Waals surface area contributed by atoms with Crippen molar-refractivity contribution in [1.82, 2.24) is 15.1 Å². The zero-order chi connectivity index (χ0) is 20.7. The number of rotatable bonds is 7. The van der Waals surface area contributed by atoms with E-state index in [1.165, 1.54) is 0 Å². The Hall–Kier alpha value is -1.67. The second-order valence-electron chi connectivity index (χ2n) is 8.48. The standard InChI is InChI=1S/C22H35N3O4/c1-18(23-17-22(2,3)25-10-12-27-13-11-25)20-15-24(9-14-28-20)21(26)29-16-19-7-5-4-6-8-19/h4-8,18,20,23H,9-17H2,1-3H3/t18-,20-/m1/s1. The summed E-state index contributed by atoms with van der Waals surface area (Å²) in [4.78, 5) is 16.7. The fourth-order valence-corrected chi connectivity index (χ4v) is 3.78. The summed E-state index contributed by atoms with van der Waals surface area (Å²) in [6, 6.07) is 9.89. The van der Waals surface area contributed by atoms with Crippen LogP contribution < -0.4 is 5.32 Å². The minimum atomic E-state index is -0.275. The Balaban J connectivity index is 1.44. The minimum absolute atomic E-state index is 0.0427. The fourth-order valence-electron chi connectivity index (χ4n) is 3.78. The predicted octanol–water partition coefficient (Wildman–Crippen LogP) is 2.11. The molecule has 1 aromatic carbocycles. The van der Waals surface area contributed by atoms with Crippen molar-refractivity contribution in [2.45, 2.75) is 45.1 Å². The topological polar surface area (TPSA) is 63.3 Å². The van der Waals surface area contributed by atoms with Crippen LogP contribution in [0, 0.1) is 0 Å². The summed E-state index contributed by atoms with van der Waals surface area (Å²) in [7, 11) is 0. The number of ether oxygens (including phenoxy) is 3. The van der Waals surface area contributed by atoms with Crippen LogP contribution in [-0.2, 0) is 20.8 Å². The molecule has 3 rings (SSSR count). The molecule has 0 aromatic heterocycles. The van der Waals surface area contributed by atoms with Gasteiger partial charge in [-0.05, 0) is 26.3 Å². The summed E-state index contributed by atoms with van der Waals surface area (Å²) in [5.74, 6) is 0. The highest BCUT2D eigenvalue weighted by atomic mass is 16.6. The van der Waals surface area contributed by atoms with Gasteiger partial charge in [0.25, 0.3) is 0 Å². The third-order valence-corrected chi connectivity index (χ3v) is 5.84. The van der Waals surface area contributed by atoms with Crippen molar-refractivity contribution in [3.05, 3.63) is 35.9 Å². The van der Waals surface area contributed by atoms with Crippen molar-refractivity contribution < 1.29 is 19.0 Å². The summed E-state index contributed by atoms with van der Waals surface area (Å²) in [6.07, 6.45) is -0.323. The van der Waals surface area contributed by atoms with Crippen LogP contribution in [0.15, 0.2) is 30.3 Å². The van der Waals surface area contributed by atoms with Crippen LogP contribution in [0.3, 0.4) is 0 Å². The lowest BCUT2D eigenvalue weighted by molar-refractivity contribution is -0.0462. The molecule has 2 atom stereocenters. The van der Waals surface area contributed by atoms with E-state index in [0.29, 0.717) is 26.3 Å². The lowest BCUT2D eigenvalue weighted by Crippen LogP contribution is -2.58. The van der Waals surface area contributed by atoms with Crippen molar-refractivity contribution in [3.8, 4) is 0 Å². The number of hydrogen-bond donors (Lipinski definition) is 1. The van der Waals surface area contributed by atoms with Crippen molar-refractivity contribution in [2.24, 2.45) is 0 Å². The molecular formula is C22H35N3O4. The van der Waals surface area contributed by atoms with Crippen LogP contribution >= 0.6 is 0 Å². The van der Waals surface area contributed by atoms with Gasteiger partial charge in [-0.2, -0.15) is 0 Å². The molecule has 0 bridgehead atoms. The normalized spacial score (nSPS) is 22.3. The van der Waals surface area contributed by atoms with Gasteiger partial charge in [-0.25, -0.2) is 4.79 Å². The van der Waals surface area contributed by atoms with Crippen molar-refractivity contribution >= 4 is 6.09 Å². The Kier molecular flexibility index (Phi) is 7.89. The Labute approximate surface area is 174 Å². The quantitative estimate of drug-likeness (QED) is 0.750. The molecule has 162 valence electrons. The molecule has 2 saturated heterocycles. The zero-order valence-corrected chi connectivity index (χ0v) is 17.9. The van der Waals surface area contributed by atoms with Gasteiger partial charge >= 0.3 is 6.09 Å². The number of carbonyl (C=O) groups is 1. The molecule has 0 saturated carbocycles. The van der Waals surface area contributed by atoms with Gasteiger partial charge in [-0.15, -0.1) is 0 Å². The second kappa shape index (κ2) is 10.4. The first-order valence-corrected chi connectivity index (χ1v) is 10.6. The number of benzene rings is 1. The highest BCUT2D eigenvalue weighted by Gasteiger charge is 2.32. The molecule has 29 heavy (non-hydrogen) atoms.